The van der Waals surface area contributed by atoms with E-state index in [0.717, 1.165) is 11.1 Å². The van der Waals surface area contributed by atoms with Crippen LogP contribution >= 0.6 is 0 Å². The van der Waals surface area contributed by atoms with Gasteiger partial charge in [-0.2, -0.15) is 0 Å². The fraction of sp³-hybridized carbons (Fsp3) is 0.364. The molecule has 0 aliphatic carbocycles. The number of hydrogen-bond donors (Lipinski definition) is 0. The summed E-state index contributed by atoms with van der Waals surface area (Å²) in [7, 11) is 0. The van der Waals surface area contributed by atoms with E-state index in [0.29, 0.717) is 37.4 Å². The lowest BCUT2D eigenvalue weighted by Gasteiger charge is -2.35. The smallest absolute Gasteiger partial charge is 0.292 e. The third-order valence-corrected chi connectivity index (χ3v) is 5.45. The highest BCUT2D eigenvalue weighted by molar-refractivity contribution is 5.98. The van der Waals surface area contributed by atoms with Crippen molar-refractivity contribution in [1.82, 2.24) is 4.90 Å². The zero-order valence-electron chi connectivity index (χ0n) is 16.8. The first-order chi connectivity index (χ1) is 13.9. The molecule has 1 aliphatic heterocycles. The molecule has 2 aromatic rings. The first kappa shape index (κ1) is 20.5. The maximum atomic E-state index is 12.5. The molecule has 29 heavy (non-hydrogen) atoms. The summed E-state index contributed by atoms with van der Waals surface area (Å²) in [6.07, 6.45) is 0.364. The molecule has 0 spiro atoms. The average Bonchev–Trinajstić information content (AvgIpc) is 2.73. The van der Waals surface area contributed by atoms with Crippen molar-refractivity contribution in [3.05, 3.63) is 69.3 Å². The van der Waals surface area contributed by atoms with Gasteiger partial charge in [-0.25, -0.2) is 0 Å². The number of piperazine rings is 1. The van der Waals surface area contributed by atoms with Gasteiger partial charge in [0.25, 0.3) is 5.69 Å². The molecule has 0 atom stereocenters. The lowest BCUT2D eigenvalue weighted by molar-refractivity contribution is -0.384. The molecule has 1 aliphatic rings. The summed E-state index contributed by atoms with van der Waals surface area (Å²) < 4.78 is 0. The van der Waals surface area contributed by atoms with Gasteiger partial charge in [-0.1, -0.05) is 24.3 Å². The molecule has 0 aromatic heterocycles. The van der Waals surface area contributed by atoms with Crippen molar-refractivity contribution < 1.29 is 14.5 Å². The Balaban J connectivity index is 1.53. The SMILES string of the molecule is Cc1ccc(C(=O)CCC(=O)N2CCN(c3ccccc3[N+](=O)[O-])CC2)cc1C. The molecule has 1 heterocycles. The maximum Gasteiger partial charge on any atom is 0.292 e. The quantitative estimate of drug-likeness (QED) is 0.424. The van der Waals surface area contributed by atoms with Crippen LogP contribution in [0, 0.1) is 24.0 Å². The molecular formula is C22H25N3O4. The summed E-state index contributed by atoms with van der Waals surface area (Å²) >= 11 is 0. The second-order valence-electron chi connectivity index (χ2n) is 7.34. The van der Waals surface area contributed by atoms with E-state index in [9.17, 15) is 19.7 Å². The highest BCUT2D eigenvalue weighted by Crippen LogP contribution is 2.28. The molecule has 7 nitrogen and oxygen atoms in total. The van der Waals surface area contributed by atoms with E-state index in [1.807, 2.05) is 30.9 Å². The van der Waals surface area contributed by atoms with Crippen molar-refractivity contribution in [3.63, 3.8) is 0 Å². The molecule has 0 bridgehead atoms. The van der Waals surface area contributed by atoms with E-state index in [1.165, 1.54) is 6.07 Å². The summed E-state index contributed by atoms with van der Waals surface area (Å²) in [6.45, 7) is 6.00. The second kappa shape index (κ2) is 8.86. The number of rotatable bonds is 6. The van der Waals surface area contributed by atoms with Crippen LogP contribution in [0.4, 0.5) is 11.4 Å². The normalized spacial score (nSPS) is 14.0. The fourth-order valence-corrected chi connectivity index (χ4v) is 3.52. The average molecular weight is 395 g/mol. The molecule has 0 unspecified atom stereocenters. The molecule has 1 saturated heterocycles. The Morgan fingerprint density at radius 3 is 2.31 bits per heavy atom. The van der Waals surface area contributed by atoms with Gasteiger partial charge in [0.05, 0.1) is 4.92 Å². The first-order valence-electron chi connectivity index (χ1n) is 9.73. The van der Waals surface area contributed by atoms with E-state index in [1.54, 1.807) is 29.2 Å². The van der Waals surface area contributed by atoms with Crippen LogP contribution in [0.1, 0.15) is 34.3 Å². The van der Waals surface area contributed by atoms with Gasteiger partial charge in [0.2, 0.25) is 5.91 Å². The zero-order chi connectivity index (χ0) is 21.0. The number of benzene rings is 2. The van der Waals surface area contributed by atoms with E-state index < -0.39 is 0 Å². The van der Waals surface area contributed by atoms with Gasteiger partial charge in [-0.15, -0.1) is 0 Å². The third kappa shape index (κ3) is 4.80. The minimum Gasteiger partial charge on any atom is -0.362 e. The van der Waals surface area contributed by atoms with Crippen molar-refractivity contribution in [2.24, 2.45) is 0 Å². The van der Waals surface area contributed by atoms with E-state index in [4.69, 9.17) is 0 Å². The van der Waals surface area contributed by atoms with Gasteiger partial charge >= 0.3 is 0 Å². The van der Waals surface area contributed by atoms with Gasteiger partial charge in [-0.05, 0) is 37.1 Å². The Bertz CT molecular complexity index is 933. The number of hydrogen-bond acceptors (Lipinski definition) is 5. The summed E-state index contributed by atoms with van der Waals surface area (Å²) in [5.41, 5.74) is 3.49. The minimum atomic E-state index is -0.384. The number of nitro benzene ring substituents is 1. The van der Waals surface area contributed by atoms with Gasteiger partial charge in [0, 0.05) is 50.7 Å². The molecule has 7 heteroatoms. The van der Waals surface area contributed by atoms with Crippen LogP contribution in [0.2, 0.25) is 0 Å². The Morgan fingerprint density at radius 2 is 1.66 bits per heavy atom. The molecule has 3 rings (SSSR count). The number of aryl methyl sites for hydroxylation is 2. The Labute approximate surface area is 170 Å². The van der Waals surface area contributed by atoms with Crippen LogP contribution in [-0.2, 0) is 4.79 Å². The molecule has 1 fully saturated rings. The topological polar surface area (TPSA) is 83.8 Å². The summed E-state index contributed by atoms with van der Waals surface area (Å²) in [4.78, 5) is 39.4. The Kier molecular flexibility index (Phi) is 6.26. The summed E-state index contributed by atoms with van der Waals surface area (Å²) in [6, 6.07) is 12.2. The number of carbonyl (C=O) groups excluding carboxylic acids is 2. The van der Waals surface area contributed by atoms with Crippen molar-refractivity contribution in [1.29, 1.82) is 0 Å². The summed E-state index contributed by atoms with van der Waals surface area (Å²) in [5, 5.41) is 11.2. The number of amides is 1. The van der Waals surface area contributed by atoms with Gasteiger partial charge < -0.3 is 9.80 Å². The van der Waals surface area contributed by atoms with Crippen LogP contribution in [0.15, 0.2) is 42.5 Å². The molecule has 0 saturated carbocycles. The van der Waals surface area contributed by atoms with Crippen molar-refractivity contribution >= 4 is 23.1 Å². The maximum absolute atomic E-state index is 12.5. The molecule has 0 radical (unpaired) electrons. The number of nitrogens with zero attached hydrogens (tertiary/aromatic N) is 3. The molecule has 1 amide bonds. The number of Topliss-reactive ketones (excluding diaryl/α,β-unsaturated/α-hetero) is 1. The Morgan fingerprint density at radius 1 is 0.966 bits per heavy atom. The first-order valence-corrected chi connectivity index (χ1v) is 9.73. The third-order valence-electron chi connectivity index (χ3n) is 5.45. The zero-order valence-corrected chi connectivity index (χ0v) is 16.8. The second-order valence-corrected chi connectivity index (χ2v) is 7.34. The van der Waals surface area contributed by atoms with Crippen molar-refractivity contribution in [3.8, 4) is 0 Å². The van der Waals surface area contributed by atoms with Crippen molar-refractivity contribution in [2.75, 3.05) is 31.1 Å². The fourth-order valence-electron chi connectivity index (χ4n) is 3.52. The molecule has 0 N–H and O–H groups in total. The number of para-hydroxylation sites is 2. The molecular weight excluding hydrogens is 370 g/mol. The molecule has 2 aromatic carbocycles. The highest BCUT2D eigenvalue weighted by Gasteiger charge is 2.25. The van der Waals surface area contributed by atoms with E-state index in [2.05, 4.69) is 0 Å². The lowest BCUT2D eigenvalue weighted by Crippen LogP contribution is -2.49. The van der Waals surface area contributed by atoms with Crippen LogP contribution < -0.4 is 4.90 Å². The lowest BCUT2D eigenvalue weighted by atomic mass is 10.0. The van der Waals surface area contributed by atoms with E-state index in [-0.39, 0.29) is 35.1 Å². The molecule has 152 valence electrons. The minimum absolute atomic E-state index is 0.0278. The monoisotopic (exact) mass is 395 g/mol. The van der Waals surface area contributed by atoms with Gasteiger partial charge in [-0.3, -0.25) is 19.7 Å². The summed E-state index contributed by atoms with van der Waals surface area (Å²) in [5.74, 6) is -0.0793. The van der Waals surface area contributed by atoms with Crippen molar-refractivity contribution in [2.45, 2.75) is 26.7 Å². The van der Waals surface area contributed by atoms with Crippen LogP contribution in [0.3, 0.4) is 0 Å². The van der Waals surface area contributed by atoms with Crippen LogP contribution in [0.25, 0.3) is 0 Å². The predicted octanol–water partition coefficient (Wildman–Crippen LogP) is 3.52. The highest BCUT2D eigenvalue weighted by atomic mass is 16.6. The van der Waals surface area contributed by atoms with Crippen LogP contribution in [-0.4, -0.2) is 47.7 Å². The number of carbonyl (C=O) groups is 2. The predicted molar refractivity (Wildman–Crippen MR) is 111 cm³/mol. The standard InChI is InChI=1S/C22H25N3O4/c1-16-7-8-18(15-17(16)2)21(26)9-10-22(27)24-13-11-23(12-14-24)19-5-3-4-6-20(19)25(28)29/h3-8,15H,9-14H2,1-2H3. The Hall–Kier alpha value is -3.22. The number of nitro groups is 1. The number of anilines is 1. The van der Waals surface area contributed by atoms with Gasteiger partial charge in [0.1, 0.15) is 5.69 Å². The van der Waals surface area contributed by atoms with Crippen LogP contribution in [0.5, 0.6) is 0 Å². The number of ketones is 1. The largest absolute Gasteiger partial charge is 0.362 e. The van der Waals surface area contributed by atoms with E-state index >= 15 is 0 Å². The van der Waals surface area contributed by atoms with Gasteiger partial charge in [0.15, 0.2) is 5.78 Å².